The zero-order chi connectivity index (χ0) is 16.2. The van der Waals surface area contributed by atoms with E-state index in [1.165, 1.54) is 0 Å². The monoisotopic (exact) mass is 322 g/mol. The average molecular weight is 322 g/mol. The molecule has 23 heavy (non-hydrogen) atoms. The molecule has 0 aromatic carbocycles. The van der Waals surface area contributed by atoms with Gasteiger partial charge in [-0.3, -0.25) is 19.4 Å². The minimum absolute atomic E-state index is 0.155. The van der Waals surface area contributed by atoms with Gasteiger partial charge < -0.3 is 10.6 Å². The summed E-state index contributed by atoms with van der Waals surface area (Å²) in [5, 5.41) is 6.14. The predicted octanol–water partition coefficient (Wildman–Crippen LogP) is 0.330. The topological polar surface area (TPSA) is 64.7 Å². The number of carbonyl (C=O) groups excluding carboxylic acids is 2. The van der Waals surface area contributed by atoms with E-state index in [1.807, 2.05) is 0 Å². The van der Waals surface area contributed by atoms with Gasteiger partial charge in [0.2, 0.25) is 11.8 Å². The summed E-state index contributed by atoms with van der Waals surface area (Å²) in [5.41, 5.74) is 0. The van der Waals surface area contributed by atoms with Crippen LogP contribution in [-0.4, -0.2) is 72.5 Å². The van der Waals surface area contributed by atoms with E-state index in [9.17, 15) is 9.59 Å². The van der Waals surface area contributed by atoms with Crippen LogP contribution in [0.25, 0.3) is 0 Å². The minimum atomic E-state index is 0.155. The first-order valence-corrected chi connectivity index (χ1v) is 9.19. The lowest BCUT2D eigenvalue weighted by Crippen LogP contribution is -2.57. The zero-order valence-electron chi connectivity index (χ0n) is 14.2. The van der Waals surface area contributed by atoms with Crippen LogP contribution in [0.2, 0.25) is 0 Å². The van der Waals surface area contributed by atoms with Gasteiger partial charge in [0.1, 0.15) is 0 Å². The molecule has 0 radical (unpaired) electrons. The van der Waals surface area contributed by atoms with Gasteiger partial charge in [-0.1, -0.05) is 13.3 Å². The third kappa shape index (κ3) is 5.46. The van der Waals surface area contributed by atoms with Crippen molar-refractivity contribution in [2.75, 3.05) is 32.7 Å². The van der Waals surface area contributed by atoms with Crippen LogP contribution in [0.15, 0.2) is 0 Å². The van der Waals surface area contributed by atoms with Crippen molar-refractivity contribution in [1.82, 2.24) is 20.4 Å². The summed E-state index contributed by atoms with van der Waals surface area (Å²) in [4.78, 5) is 28.6. The molecular weight excluding hydrogens is 292 g/mol. The predicted molar refractivity (Wildman–Crippen MR) is 89.0 cm³/mol. The van der Waals surface area contributed by atoms with E-state index < -0.39 is 0 Å². The maximum Gasteiger partial charge on any atom is 0.234 e. The molecule has 3 rings (SSSR count). The Hall–Kier alpha value is -1.14. The first-order chi connectivity index (χ1) is 11.1. The van der Waals surface area contributed by atoms with Crippen molar-refractivity contribution < 1.29 is 9.59 Å². The van der Waals surface area contributed by atoms with Gasteiger partial charge >= 0.3 is 0 Å². The molecule has 0 aromatic rings. The Morgan fingerprint density at radius 3 is 2.13 bits per heavy atom. The molecule has 3 aliphatic rings. The van der Waals surface area contributed by atoms with Gasteiger partial charge in [0.15, 0.2) is 0 Å². The summed E-state index contributed by atoms with van der Waals surface area (Å²) in [6.07, 6.45) is 6.72. The highest BCUT2D eigenvalue weighted by molar-refractivity contribution is 5.79. The van der Waals surface area contributed by atoms with E-state index in [1.54, 1.807) is 0 Å². The molecule has 0 unspecified atom stereocenters. The van der Waals surface area contributed by atoms with Gasteiger partial charge in [0, 0.05) is 37.8 Å². The second kappa shape index (κ2) is 7.62. The number of carbonyl (C=O) groups is 2. The Morgan fingerprint density at radius 2 is 1.57 bits per heavy atom. The Labute approximate surface area is 139 Å². The summed E-state index contributed by atoms with van der Waals surface area (Å²) in [6.45, 7) is 5.82. The van der Waals surface area contributed by atoms with Crippen LogP contribution >= 0.6 is 0 Å². The highest BCUT2D eigenvalue weighted by Crippen LogP contribution is 2.20. The Morgan fingerprint density at radius 1 is 0.957 bits per heavy atom. The zero-order valence-corrected chi connectivity index (χ0v) is 14.2. The molecule has 2 aliphatic carbocycles. The maximum atomic E-state index is 12.1. The number of amides is 2. The van der Waals surface area contributed by atoms with Crippen molar-refractivity contribution >= 4 is 11.8 Å². The highest BCUT2D eigenvalue weighted by Gasteiger charge is 2.31. The van der Waals surface area contributed by atoms with Gasteiger partial charge in [-0.05, 0) is 32.1 Å². The maximum absolute atomic E-state index is 12.1. The fourth-order valence-corrected chi connectivity index (χ4v) is 3.31. The number of rotatable bonds is 8. The SMILES string of the molecule is CCC[C@H]1CN(CC(=O)NC2CC2)CCN1CC(=O)NC1CC1. The summed E-state index contributed by atoms with van der Waals surface area (Å²) >= 11 is 0. The Bertz CT molecular complexity index is 434. The van der Waals surface area contributed by atoms with Crippen molar-refractivity contribution in [2.45, 2.75) is 63.6 Å². The smallest absolute Gasteiger partial charge is 0.234 e. The fraction of sp³-hybridized carbons (Fsp3) is 0.882. The summed E-state index contributed by atoms with van der Waals surface area (Å²) in [5.74, 6) is 0.316. The largest absolute Gasteiger partial charge is 0.352 e. The van der Waals surface area contributed by atoms with Crippen molar-refractivity contribution in [3.63, 3.8) is 0 Å². The van der Waals surface area contributed by atoms with Crippen molar-refractivity contribution in [1.29, 1.82) is 0 Å². The van der Waals surface area contributed by atoms with Gasteiger partial charge in [0.25, 0.3) is 0 Å². The third-order valence-electron chi connectivity index (χ3n) is 4.91. The van der Waals surface area contributed by atoms with Gasteiger partial charge in [-0.25, -0.2) is 0 Å². The molecule has 1 atom stereocenters. The highest BCUT2D eigenvalue weighted by atomic mass is 16.2. The molecule has 130 valence electrons. The number of piperazine rings is 1. The molecule has 6 heteroatoms. The molecule has 2 amide bonds. The average Bonchev–Trinajstić information content (AvgIpc) is 3.39. The minimum Gasteiger partial charge on any atom is -0.352 e. The van der Waals surface area contributed by atoms with E-state index in [0.717, 1.165) is 58.2 Å². The number of nitrogens with one attached hydrogen (secondary N) is 2. The second-order valence-electron chi connectivity index (χ2n) is 7.33. The van der Waals surface area contributed by atoms with Gasteiger partial charge in [-0.15, -0.1) is 0 Å². The van der Waals surface area contributed by atoms with Crippen LogP contribution in [0.3, 0.4) is 0 Å². The van der Waals surface area contributed by atoms with Crippen LogP contribution in [0.1, 0.15) is 45.4 Å². The quantitative estimate of drug-likeness (QED) is 0.676. The lowest BCUT2D eigenvalue weighted by Gasteiger charge is -2.41. The first kappa shape index (κ1) is 16.7. The molecule has 0 bridgehead atoms. The lowest BCUT2D eigenvalue weighted by molar-refractivity contribution is -0.126. The van der Waals surface area contributed by atoms with Crippen LogP contribution in [-0.2, 0) is 9.59 Å². The van der Waals surface area contributed by atoms with E-state index in [2.05, 4.69) is 27.4 Å². The molecular formula is C17H30N4O2. The van der Waals surface area contributed by atoms with E-state index >= 15 is 0 Å². The fourth-order valence-electron chi connectivity index (χ4n) is 3.31. The standard InChI is InChI=1S/C17H30N4O2/c1-2-3-15-10-20(11-16(22)18-13-4-5-13)8-9-21(15)12-17(23)19-14-6-7-14/h13-15H,2-12H2,1H3,(H,18,22)(H,19,23)/t15-/m0/s1. The van der Waals surface area contributed by atoms with Crippen LogP contribution in [0, 0.1) is 0 Å². The first-order valence-electron chi connectivity index (χ1n) is 9.19. The number of hydrogen-bond acceptors (Lipinski definition) is 4. The van der Waals surface area contributed by atoms with Crippen molar-refractivity contribution in [2.24, 2.45) is 0 Å². The lowest BCUT2D eigenvalue weighted by atomic mass is 10.1. The van der Waals surface area contributed by atoms with Crippen LogP contribution in [0.4, 0.5) is 0 Å². The van der Waals surface area contributed by atoms with Gasteiger partial charge in [-0.2, -0.15) is 0 Å². The molecule has 1 saturated heterocycles. The van der Waals surface area contributed by atoms with E-state index in [-0.39, 0.29) is 11.8 Å². The molecule has 2 N–H and O–H groups in total. The molecule has 2 saturated carbocycles. The summed E-state index contributed by atoms with van der Waals surface area (Å²) < 4.78 is 0. The molecule has 6 nitrogen and oxygen atoms in total. The van der Waals surface area contributed by atoms with Crippen molar-refractivity contribution in [3.05, 3.63) is 0 Å². The molecule has 3 fully saturated rings. The molecule has 1 heterocycles. The van der Waals surface area contributed by atoms with E-state index in [0.29, 0.717) is 31.2 Å². The normalized spacial score (nSPS) is 26.0. The Balaban J connectivity index is 1.45. The molecule has 0 aromatic heterocycles. The summed E-state index contributed by atoms with van der Waals surface area (Å²) in [6, 6.07) is 1.24. The number of hydrogen-bond donors (Lipinski definition) is 2. The second-order valence-corrected chi connectivity index (χ2v) is 7.33. The summed E-state index contributed by atoms with van der Waals surface area (Å²) in [7, 11) is 0. The van der Waals surface area contributed by atoms with Crippen LogP contribution in [0.5, 0.6) is 0 Å². The molecule has 1 aliphatic heterocycles. The van der Waals surface area contributed by atoms with E-state index in [4.69, 9.17) is 0 Å². The number of nitrogens with zero attached hydrogens (tertiary/aromatic N) is 2. The third-order valence-corrected chi connectivity index (χ3v) is 4.91. The van der Waals surface area contributed by atoms with Crippen molar-refractivity contribution in [3.8, 4) is 0 Å². The van der Waals surface area contributed by atoms with Crippen LogP contribution < -0.4 is 10.6 Å². The molecule has 0 spiro atoms. The Kier molecular flexibility index (Phi) is 5.54. The van der Waals surface area contributed by atoms with Gasteiger partial charge in [0.05, 0.1) is 13.1 Å².